The zero-order chi connectivity index (χ0) is 27.1. The molecule has 0 bridgehead atoms. The first-order chi connectivity index (χ1) is 17.7. The molecule has 3 N–H and O–H groups in total. The number of carbonyl (C=O) groups excluding carboxylic acids is 1. The first kappa shape index (κ1) is 27.7. The average Bonchev–Trinajstić information content (AvgIpc) is 2.88. The third kappa shape index (κ3) is 6.26. The summed E-state index contributed by atoms with van der Waals surface area (Å²) in [5.41, 5.74) is 9.20. The summed E-state index contributed by atoms with van der Waals surface area (Å²) in [6.07, 6.45) is 0.113. The number of benzene rings is 2. The van der Waals surface area contributed by atoms with Gasteiger partial charge in [-0.2, -0.15) is 10.5 Å². The van der Waals surface area contributed by atoms with Crippen LogP contribution in [-0.4, -0.2) is 30.9 Å². The number of nitrogens with two attached hydrogens (primary N) is 1. The van der Waals surface area contributed by atoms with E-state index in [4.69, 9.17) is 26.8 Å². The van der Waals surface area contributed by atoms with Crippen LogP contribution in [0.5, 0.6) is 11.5 Å². The number of nitrogen functional groups attached to an aromatic ring is 1. The number of carbonyl (C=O) groups is 1. The lowest BCUT2D eigenvalue weighted by atomic mass is 9.94. The van der Waals surface area contributed by atoms with E-state index < -0.39 is 0 Å². The Morgan fingerprint density at radius 1 is 1.11 bits per heavy atom. The van der Waals surface area contributed by atoms with Crippen LogP contribution in [0, 0.1) is 22.7 Å². The number of nitriles is 2. The summed E-state index contributed by atoms with van der Waals surface area (Å²) in [6, 6.07) is 15.1. The van der Waals surface area contributed by atoms with Crippen LogP contribution in [0.4, 0.5) is 11.5 Å². The summed E-state index contributed by atoms with van der Waals surface area (Å²) in [6.45, 7) is 4.18. The van der Waals surface area contributed by atoms with Gasteiger partial charge in [-0.1, -0.05) is 49.7 Å². The van der Waals surface area contributed by atoms with Crippen LogP contribution in [0.1, 0.15) is 42.9 Å². The van der Waals surface area contributed by atoms with Crippen molar-refractivity contribution < 1.29 is 14.3 Å². The van der Waals surface area contributed by atoms with Crippen molar-refractivity contribution in [3.8, 4) is 34.8 Å². The van der Waals surface area contributed by atoms with Gasteiger partial charge in [0.2, 0.25) is 5.91 Å². The van der Waals surface area contributed by atoms with Gasteiger partial charge in [0.25, 0.3) is 0 Å². The zero-order valence-corrected chi connectivity index (χ0v) is 22.5. The summed E-state index contributed by atoms with van der Waals surface area (Å²) in [5.74, 6) is 1.25. The maximum absolute atomic E-state index is 12.6. The van der Waals surface area contributed by atoms with Crippen molar-refractivity contribution in [3.05, 3.63) is 58.1 Å². The molecule has 0 aliphatic rings. The summed E-state index contributed by atoms with van der Waals surface area (Å²) >= 11 is 7.40. The first-order valence-electron chi connectivity index (χ1n) is 11.3. The van der Waals surface area contributed by atoms with Gasteiger partial charge in [0.1, 0.15) is 40.0 Å². The monoisotopic (exact) mass is 535 g/mol. The number of halogens is 1. The average molecular weight is 536 g/mol. The summed E-state index contributed by atoms with van der Waals surface area (Å²) in [5, 5.41) is 23.2. The largest absolute Gasteiger partial charge is 0.495 e. The number of anilines is 2. The number of rotatable bonds is 9. The van der Waals surface area contributed by atoms with Gasteiger partial charge < -0.3 is 20.5 Å². The van der Waals surface area contributed by atoms with Gasteiger partial charge in [-0.05, 0) is 23.1 Å². The minimum absolute atomic E-state index is 0.0361. The Kier molecular flexibility index (Phi) is 9.24. The minimum Gasteiger partial charge on any atom is -0.495 e. The number of ether oxygens (including phenoxy) is 2. The third-order valence-electron chi connectivity index (χ3n) is 5.60. The molecule has 0 spiro atoms. The lowest BCUT2D eigenvalue weighted by molar-refractivity contribution is -0.115. The molecule has 37 heavy (non-hydrogen) atoms. The van der Waals surface area contributed by atoms with E-state index >= 15 is 0 Å². The molecule has 3 aromatic rings. The second kappa shape index (κ2) is 12.4. The summed E-state index contributed by atoms with van der Waals surface area (Å²) < 4.78 is 10.5. The number of pyridine rings is 1. The lowest BCUT2D eigenvalue weighted by Crippen LogP contribution is -2.13. The Hall–Kier alpha value is -3.92. The van der Waals surface area contributed by atoms with Crippen molar-refractivity contribution in [3.63, 3.8) is 0 Å². The fraction of sp³-hybridized carbons (Fsp3) is 0.259. The summed E-state index contributed by atoms with van der Waals surface area (Å²) in [7, 11) is 2.97. The van der Waals surface area contributed by atoms with Crippen LogP contribution in [0.15, 0.2) is 41.4 Å². The Morgan fingerprint density at radius 2 is 1.76 bits per heavy atom. The molecule has 0 fully saturated rings. The van der Waals surface area contributed by atoms with E-state index in [1.807, 2.05) is 24.3 Å². The Balaban J connectivity index is 1.82. The standard InChI is InChI=1S/C27H26ClN5O3S/c1-15(2)16-5-7-17(8-6-16)25-18(13-29)26(31)33-27(19(25)14-30)37-10-9-24(34)32-21-11-20(28)22(35-3)12-23(21)36-4/h5-8,11-12,15H,9-10H2,1-4H3,(H2,31,33)(H,32,34). The first-order valence-corrected chi connectivity index (χ1v) is 12.7. The van der Waals surface area contributed by atoms with E-state index in [1.165, 1.54) is 26.0 Å². The molecular weight excluding hydrogens is 510 g/mol. The molecule has 0 aliphatic heterocycles. The molecule has 190 valence electrons. The number of nitrogens with zero attached hydrogens (tertiary/aromatic N) is 3. The maximum Gasteiger partial charge on any atom is 0.225 e. The number of aromatic nitrogens is 1. The van der Waals surface area contributed by atoms with E-state index in [0.717, 1.165) is 5.56 Å². The molecule has 0 aliphatic carbocycles. The van der Waals surface area contributed by atoms with E-state index in [2.05, 4.69) is 36.3 Å². The molecule has 8 nitrogen and oxygen atoms in total. The van der Waals surface area contributed by atoms with Gasteiger partial charge in [0.15, 0.2) is 0 Å². The maximum atomic E-state index is 12.6. The smallest absolute Gasteiger partial charge is 0.225 e. The normalized spacial score (nSPS) is 10.5. The van der Waals surface area contributed by atoms with Gasteiger partial charge in [-0.25, -0.2) is 4.98 Å². The van der Waals surface area contributed by atoms with E-state index in [-0.39, 0.29) is 29.3 Å². The molecule has 0 radical (unpaired) electrons. The number of nitrogens with one attached hydrogen (secondary N) is 1. The highest BCUT2D eigenvalue weighted by Crippen LogP contribution is 2.37. The van der Waals surface area contributed by atoms with Crippen molar-refractivity contribution in [2.75, 3.05) is 31.0 Å². The van der Waals surface area contributed by atoms with Crippen molar-refractivity contribution in [2.24, 2.45) is 0 Å². The Labute approximate surface area is 225 Å². The van der Waals surface area contributed by atoms with E-state index in [0.29, 0.717) is 50.0 Å². The van der Waals surface area contributed by atoms with Gasteiger partial charge in [-0.15, -0.1) is 11.8 Å². The lowest BCUT2D eigenvalue weighted by Gasteiger charge is -2.14. The Bertz CT molecular complexity index is 1400. The van der Waals surface area contributed by atoms with Crippen molar-refractivity contribution in [1.82, 2.24) is 4.98 Å². The number of methoxy groups -OCH3 is 2. The highest BCUT2D eigenvalue weighted by atomic mass is 35.5. The quantitative estimate of drug-likeness (QED) is 0.319. The molecule has 0 unspecified atom stereocenters. The number of thioether (sulfide) groups is 1. The molecule has 3 rings (SSSR count). The predicted octanol–water partition coefficient (Wildman–Crippen LogP) is 5.99. The molecule has 1 aromatic heterocycles. The van der Waals surface area contributed by atoms with Crippen LogP contribution < -0.4 is 20.5 Å². The number of hydrogen-bond donors (Lipinski definition) is 2. The molecule has 1 amide bonds. The second-order valence-electron chi connectivity index (χ2n) is 8.26. The molecule has 0 saturated carbocycles. The van der Waals surface area contributed by atoms with Crippen molar-refractivity contribution >= 4 is 40.8 Å². The topological polar surface area (TPSA) is 134 Å². The van der Waals surface area contributed by atoms with Gasteiger partial charge >= 0.3 is 0 Å². The molecule has 10 heteroatoms. The minimum atomic E-state index is -0.281. The molecule has 1 heterocycles. The van der Waals surface area contributed by atoms with Gasteiger partial charge in [-0.3, -0.25) is 4.79 Å². The van der Waals surface area contributed by atoms with E-state index in [1.54, 1.807) is 12.1 Å². The van der Waals surface area contributed by atoms with Crippen molar-refractivity contribution in [1.29, 1.82) is 10.5 Å². The Morgan fingerprint density at radius 3 is 2.32 bits per heavy atom. The predicted molar refractivity (Wildman–Crippen MR) is 146 cm³/mol. The van der Waals surface area contributed by atoms with Gasteiger partial charge in [0.05, 0.1) is 30.5 Å². The van der Waals surface area contributed by atoms with Crippen molar-refractivity contribution in [2.45, 2.75) is 31.2 Å². The van der Waals surface area contributed by atoms with Crippen LogP contribution in [0.3, 0.4) is 0 Å². The fourth-order valence-corrected chi connectivity index (χ4v) is 4.81. The molecular formula is C27H26ClN5O3S. The zero-order valence-electron chi connectivity index (χ0n) is 20.9. The number of amides is 1. The number of hydrogen-bond acceptors (Lipinski definition) is 8. The third-order valence-corrected chi connectivity index (χ3v) is 6.87. The van der Waals surface area contributed by atoms with E-state index in [9.17, 15) is 15.3 Å². The fourth-order valence-electron chi connectivity index (χ4n) is 3.64. The molecule has 2 aromatic carbocycles. The molecule has 0 atom stereocenters. The van der Waals surface area contributed by atoms with Gasteiger partial charge in [0, 0.05) is 23.8 Å². The van der Waals surface area contributed by atoms with Crippen LogP contribution in [0.25, 0.3) is 11.1 Å². The second-order valence-corrected chi connectivity index (χ2v) is 9.75. The summed E-state index contributed by atoms with van der Waals surface area (Å²) in [4.78, 5) is 16.9. The highest BCUT2D eigenvalue weighted by Gasteiger charge is 2.21. The molecule has 0 saturated heterocycles. The highest BCUT2D eigenvalue weighted by molar-refractivity contribution is 7.99. The van der Waals surface area contributed by atoms with Crippen LogP contribution in [0.2, 0.25) is 5.02 Å². The van der Waals surface area contributed by atoms with Crippen LogP contribution in [-0.2, 0) is 4.79 Å². The van der Waals surface area contributed by atoms with Crippen LogP contribution >= 0.6 is 23.4 Å². The SMILES string of the molecule is COc1cc(OC)c(NC(=O)CCSc2nc(N)c(C#N)c(-c3ccc(C(C)C)cc3)c2C#N)cc1Cl.